The Morgan fingerprint density at radius 1 is 0.912 bits per heavy atom. The summed E-state index contributed by atoms with van der Waals surface area (Å²) in [5.41, 5.74) is 1.61. The van der Waals surface area contributed by atoms with E-state index in [9.17, 15) is 18.0 Å². The van der Waals surface area contributed by atoms with Gasteiger partial charge in [-0.15, -0.1) is 0 Å². The third kappa shape index (κ3) is 5.65. The van der Waals surface area contributed by atoms with Gasteiger partial charge >= 0.3 is 0 Å². The fourth-order valence-corrected chi connectivity index (χ4v) is 6.21. The van der Waals surface area contributed by atoms with E-state index in [1.807, 2.05) is 40.1 Å². The molecular weight excluding hydrogens is 452 g/mol. The summed E-state index contributed by atoms with van der Waals surface area (Å²) >= 11 is 0. The van der Waals surface area contributed by atoms with Crippen LogP contribution in [0.3, 0.4) is 0 Å². The standard InChI is InChI=1S/C25H32N4O4S/c1-20(30)29-17-16-27(18-24(29)21-8-4-2-5-9-21)19-25(31)26-22-10-12-23(13-11-22)34(32,33)28-14-6-3-7-15-28/h2,4-5,8-13,24H,3,6-7,14-19H2,1H3,(H,26,31)/t24-/m1/s1. The van der Waals surface area contributed by atoms with Crippen molar-refractivity contribution >= 4 is 27.5 Å². The topological polar surface area (TPSA) is 90.0 Å². The van der Waals surface area contributed by atoms with Gasteiger partial charge in [-0.25, -0.2) is 8.42 Å². The molecule has 0 aliphatic carbocycles. The summed E-state index contributed by atoms with van der Waals surface area (Å²) < 4.78 is 27.2. The molecule has 2 aromatic rings. The van der Waals surface area contributed by atoms with E-state index >= 15 is 0 Å². The van der Waals surface area contributed by atoms with Crippen LogP contribution in [0.1, 0.15) is 37.8 Å². The van der Waals surface area contributed by atoms with Crippen LogP contribution >= 0.6 is 0 Å². The summed E-state index contributed by atoms with van der Waals surface area (Å²) in [6, 6.07) is 16.1. The van der Waals surface area contributed by atoms with Gasteiger partial charge in [-0.3, -0.25) is 14.5 Å². The van der Waals surface area contributed by atoms with Crippen molar-refractivity contribution in [2.24, 2.45) is 0 Å². The fraction of sp³-hybridized carbons (Fsp3) is 0.440. The Hall–Kier alpha value is -2.75. The molecule has 8 nitrogen and oxygen atoms in total. The molecule has 1 atom stereocenters. The van der Waals surface area contributed by atoms with Crippen LogP contribution in [-0.2, 0) is 19.6 Å². The zero-order valence-corrected chi connectivity index (χ0v) is 20.3. The summed E-state index contributed by atoms with van der Waals surface area (Å²) in [6.07, 6.45) is 2.84. The van der Waals surface area contributed by atoms with Crippen molar-refractivity contribution in [3.8, 4) is 0 Å². The monoisotopic (exact) mass is 484 g/mol. The number of hydrogen-bond donors (Lipinski definition) is 1. The van der Waals surface area contributed by atoms with E-state index in [-0.39, 0.29) is 29.3 Å². The number of anilines is 1. The Kier molecular flexibility index (Phi) is 7.65. The Labute approximate surface area is 201 Å². The van der Waals surface area contributed by atoms with Gasteiger partial charge in [0.1, 0.15) is 0 Å². The molecule has 0 radical (unpaired) electrons. The van der Waals surface area contributed by atoms with Crippen molar-refractivity contribution in [2.45, 2.75) is 37.1 Å². The van der Waals surface area contributed by atoms with E-state index in [1.54, 1.807) is 31.2 Å². The number of amides is 2. The lowest BCUT2D eigenvalue weighted by molar-refractivity contribution is -0.134. The Morgan fingerprint density at radius 2 is 1.59 bits per heavy atom. The number of piperazine rings is 1. The summed E-state index contributed by atoms with van der Waals surface area (Å²) in [5.74, 6) is -0.146. The number of nitrogens with zero attached hydrogens (tertiary/aromatic N) is 3. The summed E-state index contributed by atoms with van der Waals surface area (Å²) in [4.78, 5) is 29.0. The van der Waals surface area contributed by atoms with E-state index < -0.39 is 10.0 Å². The number of piperidine rings is 1. The van der Waals surface area contributed by atoms with Gasteiger partial charge in [0.05, 0.1) is 17.5 Å². The lowest BCUT2D eigenvalue weighted by Crippen LogP contribution is -2.51. The molecule has 2 aliphatic heterocycles. The molecule has 0 saturated carbocycles. The van der Waals surface area contributed by atoms with Crippen LogP contribution in [0.4, 0.5) is 5.69 Å². The van der Waals surface area contributed by atoms with Crippen molar-refractivity contribution < 1.29 is 18.0 Å². The minimum absolute atomic E-state index is 0.0255. The first-order valence-corrected chi connectivity index (χ1v) is 13.2. The smallest absolute Gasteiger partial charge is 0.243 e. The van der Waals surface area contributed by atoms with Gasteiger partial charge in [0.15, 0.2) is 0 Å². The van der Waals surface area contributed by atoms with Gasteiger partial charge in [0.2, 0.25) is 21.8 Å². The molecule has 2 saturated heterocycles. The second kappa shape index (κ2) is 10.7. The molecule has 2 heterocycles. The largest absolute Gasteiger partial charge is 0.333 e. The van der Waals surface area contributed by atoms with E-state index in [4.69, 9.17) is 0 Å². The summed E-state index contributed by atoms with van der Waals surface area (Å²) in [7, 11) is -3.49. The number of sulfonamides is 1. The van der Waals surface area contributed by atoms with Crippen molar-refractivity contribution in [3.05, 3.63) is 60.2 Å². The predicted molar refractivity (Wildman–Crippen MR) is 131 cm³/mol. The van der Waals surface area contributed by atoms with Crippen LogP contribution in [-0.4, -0.2) is 73.6 Å². The number of carbonyl (C=O) groups is 2. The Bertz CT molecular complexity index is 1100. The molecule has 2 amide bonds. The molecule has 0 aromatic heterocycles. The van der Waals surface area contributed by atoms with Crippen LogP contribution < -0.4 is 5.32 Å². The van der Waals surface area contributed by atoms with Crippen molar-refractivity contribution in [3.63, 3.8) is 0 Å². The molecule has 2 fully saturated rings. The zero-order valence-electron chi connectivity index (χ0n) is 19.5. The number of carbonyl (C=O) groups excluding carboxylic acids is 2. The molecule has 9 heteroatoms. The molecule has 1 N–H and O–H groups in total. The van der Waals surface area contributed by atoms with Gasteiger partial charge < -0.3 is 10.2 Å². The van der Waals surface area contributed by atoms with Gasteiger partial charge in [-0.2, -0.15) is 4.31 Å². The number of rotatable bonds is 6. The highest BCUT2D eigenvalue weighted by Crippen LogP contribution is 2.26. The molecule has 4 rings (SSSR count). The van der Waals surface area contributed by atoms with E-state index in [2.05, 4.69) is 5.32 Å². The van der Waals surface area contributed by atoms with Crippen molar-refractivity contribution in [2.75, 3.05) is 44.6 Å². The molecule has 34 heavy (non-hydrogen) atoms. The Balaban J connectivity index is 1.36. The highest BCUT2D eigenvalue weighted by Gasteiger charge is 2.31. The van der Waals surface area contributed by atoms with Gasteiger partial charge in [-0.1, -0.05) is 36.8 Å². The maximum Gasteiger partial charge on any atom is 0.243 e. The SMILES string of the molecule is CC(=O)N1CCN(CC(=O)Nc2ccc(S(=O)(=O)N3CCCCC3)cc2)C[C@@H]1c1ccccc1. The first-order chi connectivity index (χ1) is 16.3. The van der Waals surface area contributed by atoms with Gasteiger partial charge in [0.25, 0.3) is 0 Å². The molecular formula is C25H32N4O4S. The average Bonchev–Trinajstić information content (AvgIpc) is 2.85. The first kappa shape index (κ1) is 24.4. The van der Waals surface area contributed by atoms with Crippen LogP contribution in [0.2, 0.25) is 0 Å². The zero-order chi connectivity index (χ0) is 24.1. The molecule has 0 spiro atoms. The normalized spacial score (nSPS) is 20.1. The van der Waals surface area contributed by atoms with Crippen molar-refractivity contribution in [1.29, 1.82) is 0 Å². The lowest BCUT2D eigenvalue weighted by Gasteiger charge is -2.41. The second-order valence-corrected chi connectivity index (χ2v) is 10.8. The highest BCUT2D eigenvalue weighted by atomic mass is 32.2. The average molecular weight is 485 g/mol. The predicted octanol–water partition coefficient (Wildman–Crippen LogP) is 2.71. The second-order valence-electron chi connectivity index (χ2n) is 8.91. The van der Waals surface area contributed by atoms with Crippen LogP contribution in [0.25, 0.3) is 0 Å². The highest BCUT2D eigenvalue weighted by molar-refractivity contribution is 7.89. The Morgan fingerprint density at radius 3 is 2.24 bits per heavy atom. The number of hydrogen-bond acceptors (Lipinski definition) is 5. The van der Waals surface area contributed by atoms with Crippen molar-refractivity contribution in [1.82, 2.24) is 14.1 Å². The number of benzene rings is 2. The van der Waals surface area contributed by atoms with Crippen LogP contribution in [0, 0.1) is 0 Å². The van der Waals surface area contributed by atoms with E-state index in [1.165, 1.54) is 4.31 Å². The number of nitrogens with one attached hydrogen (secondary N) is 1. The summed E-state index contributed by atoms with van der Waals surface area (Å²) in [6.45, 7) is 4.64. The quantitative estimate of drug-likeness (QED) is 0.681. The van der Waals surface area contributed by atoms with Crippen LogP contribution in [0.5, 0.6) is 0 Å². The fourth-order valence-electron chi connectivity index (χ4n) is 4.69. The molecule has 0 unspecified atom stereocenters. The minimum atomic E-state index is -3.49. The van der Waals surface area contributed by atoms with E-state index in [0.29, 0.717) is 38.4 Å². The first-order valence-electron chi connectivity index (χ1n) is 11.8. The van der Waals surface area contributed by atoms with Gasteiger partial charge in [-0.05, 0) is 42.7 Å². The maximum absolute atomic E-state index is 12.8. The van der Waals surface area contributed by atoms with Gasteiger partial charge in [0, 0.05) is 45.3 Å². The lowest BCUT2D eigenvalue weighted by atomic mass is 10.0. The molecule has 2 aliphatic rings. The minimum Gasteiger partial charge on any atom is -0.333 e. The van der Waals surface area contributed by atoms with E-state index in [0.717, 1.165) is 24.8 Å². The molecule has 2 aromatic carbocycles. The maximum atomic E-state index is 12.8. The molecule has 182 valence electrons. The van der Waals surface area contributed by atoms with Crippen LogP contribution in [0.15, 0.2) is 59.5 Å². The summed E-state index contributed by atoms with van der Waals surface area (Å²) in [5, 5.41) is 2.87. The third-order valence-corrected chi connectivity index (χ3v) is 8.42. The molecule has 0 bridgehead atoms. The third-order valence-electron chi connectivity index (χ3n) is 6.51.